The predicted octanol–water partition coefficient (Wildman–Crippen LogP) is 2.57. The van der Waals surface area contributed by atoms with Gasteiger partial charge in [0.25, 0.3) is 0 Å². The molecular weight excluding hydrogens is 224 g/mol. The van der Waals surface area contributed by atoms with Crippen LogP contribution in [-0.4, -0.2) is 31.1 Å². The molecule has 0 amide bonds. The molecule has 1 aromatic rings. The number of hydrogen-bond acceptors (Lipinski definition) is 3. The molecule has 1 aliphatic rings. The summed E-state index contributed by atoms with van der Waals surface area (Å²) in [6, 6.07) is 8.91. The van der Waals surface area contributed by atoms with Gasteiger partial charge in [-0.1, -0.05) is 19.1 Å². The molecule has 2 rings (SSSR count). The summed E-state index contributed by atoms with van der Waals surface area (Å²) in [7, 11) is 1.71. The number of hydrogen-bond donors (Lipinski definition) is 1. The van der Waals surface area contributed by atoms with Crippen LogP contribution in [0.5, 0.6) is 5.75 Å². The highest BCUT2D eigenvalue weighted by molar-refractivity contribution is 5.31. The van der Waals surface area contributed by atoms with Gasteiger partial charge in [0, 0.05) is 6.04 Å². The average Bonchev–Trinajstić information content (AvgIpc) is 2.39. The monoisotopic (exact) mass is 248 g/mol. The van der Waals surface area contributed by atoms with Gasteiger partial charge in [-0.05, 0) is 50.0 Å². The van der Waals surface area contributed by atoms with E-state index in [0.717, 1.165) is 25.3 Å². The average molecular weight is 248 g/mol. The summed E-state index contributed by atoms with van der Waals surface area (Å²) in [5.41, 5.74) is 7.63. The van der Waals surface area contributed by atoms with Crippen molar-refractivity contribution in [2.75, 3.05) is 20.2 Å². The van der Waals surface area contributed by atoms with Crippen LogP contribution in [0.3, 0.4) is 0 Å². The topological polar surface area (TPSA) is 38.5 Å². The number of nitrogens with two attached hydrogens (primary N) is 1. The second kappa shape index (κ2) is 6.21. The number of methoxy groups -OCH3 is 1. The van der Waals surface area contributed by atoms with Gasteiger partial charge in [0.2, 0.25) is 0 Å². The molecule has 0 spiro atoms. The Balaban J connectivity index is 2.24. The third kappa shape index (κ3) is 2.85. The van der Waals surface area contributed by atoms with E-state index in [4.69, 9.17) is 10.5 Å². The smallest absolute Gasteiger partial charge is 0.119 e. The molecule has 2 unspecified atom stereocenters. The lowest BCUT2D eigenvalue weighted by molar-refractivity contribution is 0.128. The molecule has 1 fully saturated rings. The van der Waals surface area contributed by atoms with E-state index in [1.165, 1.54) is 18.4 Å². The minimum atomic E-state index is 0.234. The molecule has 1 aliphatic heterocycles. The molecule has 0 bridgehead atoms. The lowest BCUT2D eigenvalue weighted by Crippen LogP contribution is -2.46. The van der Waals surface area contributed by atoms with Crippen LogP contribution in [0.1, 0.15) is 37.8 Å². The number of likely N-dealkylation sites (tertiary alicyclic amines) is 1. The van der Waals surface area contributed by atoms with E-state index in [1.54, 1.807) is 7.11 Å². The first kappa shape index (κ1) is 13.4. The Labute approximate surface area is 110 Å². The number of ether oxygens (including phenoxy) is 1. The molecule has 1 saturated heterocycles. The first-order valence-electron chi connectivity index (χ1n) is 6.90. The molecule has 18 heavy (non-hydrogen) atoms. The highest BCUT2D eigenvalue weighted by Crippen LogP contribution is 2.31. The van der Waals surface area contributed by atoms with Crippen molar-refractivity contribution in [1.82, 2.24) is 4.90 Å². The van der Waals surface area contributed by atoms with Crippen molar-refractivity contribution in [2.24, 2.45) is 5.73 Å². The minimum Gasteiger partial charge on any atom is -0.497 e. The molecule has 2 atom stereocenters. The quantitative estimate of drug-likeness (QED) is 0.890. The van der Waals surface area contributed by atoms with E-state index in [0.29, 0.717) is 6.04 Å². The largest absolute Gasteiger partial charge is 0.497 e. The lowest BCUT2D eigenvalue weighted by atomic mass is 9.90. The summed E-state index contributed by atoms with van der Waals surface area (Å²) in [4.78, 5) is 2.52. The first-order chi connectivity index (χ1) is 8.76. The molecule has 0 saturated carbocycles. The molecule has 1 aromatic carbocycles. The Bertz CT molecular complexity index is 379. The van der Waals surface area contributed by atoms with E-state index in [-0.39, 0.29) is 6.04 Å². The van der Waals surface area contributed by atoms with Crippen molar-refractivity contribution in [3.8, 4) is 5.75 Å². The fourth-order valence-corrected chi connectivity index (χ4v) is 2.92. The molecule has 0 radical (unpaired) electrons. The number of benzene rings is 1. The predicted molar refractivity (Wildman–Crippen MR) is 74.8 cm³/mol. The summed E-state index contributed by atoms with van der Waals surface area (Å²) < 4.78 is 5.32. The summed E-state index contributed by atoms with van der Waals surface area (Å²) in [5.74, 6) is 0.918. The van der Waals surface area contributed by atoms with Gasteiger partial charge in [0.05, 0.1) is 13.2 Å². The van der Waals surface area contributed by atoms with Crippen molar-refractivity contribution in [1.29, 1.82) is 0 Å². The first-order valence-corrected chi connectivity index (χ1v) is 6.90. The van der Waals surface area contributed by atoms with Gasteiger partial charge in [-0.15, -0.1) is 0 Å². The summed E-state index contributed by atoms with van der Waals surface area (Å²) in [5, 5.41) is 0. The van der Waals surface area contributed by atoms with Crippen molar-refractivity contribution in [3.05, 3.63) is 29.8 Å². The van der Waals surface area contributed by atoms with Crippen molar-refractivity contribution in [2.45, 2.75) is 38.3 Å². The van der Waals surface area contributed by atoms with Crippen LogP contribution in [0, 0.1) is 0 Å². The molecule has 0 aliphatic carbocycles. The highest BCUT2D eigenvalue weighted by Gasteiger charge is 2.29. The van der Waals surface area contributed by atoms with E-state index in [9.17, 15) is 0 Å². The fraction of sp³-hybridized carbons (Fsp3) is 0.600. The molecule has 2 N–H and O–H groups in total. The maximum atomic E-state index is 6.34. The van der Waals surface area contributed by atoms with Crippen LogP contribution in [0.15, 0.2) is 24.3 Å². The third-order valence-corrected chi connectivity index (χ3v) is 3.73. The zero-order valence-corrected chi connectivity index (χ0v) is 11.4. The Morgan fingerprint density at radius 2 is 2.28 bits per heavy atom. The standard InChI is InChI=1S/C15H24N2O/c1-3-9-17-10-5-8-14(16)15(17)12-6-4-7-13(11-12)18-2/h4,6-7,11,14-15H,3,5,8-10,16H2,1-2H3. The van der Waals surface area contributed by atoms with Crippen molar-refractivity contribution >= 4 is 0 Å². The second-order valence-corrected chi connectivity index (χ2v) is 5.06. The Morgan fingerprint density at radius 3 is 3.00 bits per heavy atom. The molecule has 100 valence electrons. The van der Waals surface area contributed by atoms with Crippen LogP contribution >= 0.6 is 0 Å². The zero-order chi connectivity index (χ0) is 13.0. The molecule has 3 heteroatoms. The van der Waals surface area contributed by atoms with Crippen molar-refractivity contribution in [3.63, 3.8) is 0 Å². The van der Waals surface area contributed by atoms with Gasteiger partial charge >= 0.3 is 0 Å². The van der Waals surface area contributed by atoms with Gasteiger partial charge in [-0.3, -0.25) is 4.90 Å². The highest BCUT2D eigenvalue weighted by atomic mass is 16.5. The molecular formula is C15H24N2O. The van der Waals surface area contributed by atoms with Gasteiger partial charge in [-0.25, -0.2) is 0 Å². The van der Waals surface area contributed by atoms with Crippen LogP contribution in [0.2, 0.25) is 0 Å². The SMILES string of the molecule is CCCN1CCCC(N)C1c1cccc(OC)c1. The molecule has 3 nitrogen and oxygen atoms in total. The third-order valence-electron chi connectivity index (χ3n) is 3.73. The lowest BCUT2D eigenvalue weighted by Gasteiger charge is -2.40. The van der Waals surface area contributed by atoms with Crippen LogP contribution in [0.4, 0.5) is 0 Å². The van der Waals surface area contributed by atoms with E-state index >= 15 is 0 Å². The Kier molecular flexibility index (Phi) is 4.61. The molecule has 0 aromatic heterocycles. The maximum Gasteiger partial charge on any atom is 0.119 e. The Morgan fingerprint density at radius 1 is 1.44 bits per heavy atom. The van der Waals surface area contributed by atoms with Gasteiger partial charge in [0.15, 0.2) is 0 Å². The van der Waals surface area contributed by atoms with Crippen LogP contribution in [0.25, 0.3) is 0 Å². The normalized spacial score (nSPS) is 25.1. The van der Waals surface area contributed by atoms with E-state index in [2.05, 4.69) is 30.0 Å². The Hall–Kier alpha value is -1.06. The van der Waals surface area contributed by atoms with Gasteiger partial charge in [-0.2, -0.15) is 0 Å². The zero-order valence-electron chi connectivity index (χ0n) is 11.4. The second-order valence-electron chi connectivity index (χ2n) is 5.06. The fourth-order valence-electron chi connectivity index (χ4n) is 2.92. The van der Waals surface area contributed by atoms with E-state index < -0.39 is 0 Å². The maximum absolute atomic E-state index is 6.34. The number of nitrogens with zero attached hydrogens (tertiary/aromatic N) is 1. The van der Waals surface area contributed by atoms with Crippen molar-refractivity contribution < 1.29 is 4.74 Å². The molecule has 1 heterocycles. The van der Waals surface area contributed by atoms with E-state index in [1.807, 2.05) is 6.07 Å². The van der Waals surface area contributed by atoms with Gasteiger partial charge in [0.1, 0.15) is 5.75 Å². The minimum absolute atomic E-state index is 0.234. The summed E-state index contributed by atoms with van der Waals surface area (Å²) in [6.07, 6.45) is 3.50. The summed E-state index contributed by atoms with van der Waals surface area (Å²) in [6.45, 7) is 4.50. The van der Waals surface area contributed by atoms with Crippen LogP contribution in [-0.2, 0) is 0 Å². The number of rotatable bonds is 4. The van der Waals surface area contributed by atoms with Gasteiger partial charge < -0.3 is 10.5 Å². The van der Waals surface area contributed by atoms with Crippen LogP contribution < -0.4 is 10.5 Å². The number of piperidine rings is 1. The summed E-state index contributed by atoms with van der Waals surface area (Å²) >= 11 is 0.